The summed E-state index contributed by atoms with van der Waals surface area (Å²) >= 11 is 2.36. The summed E-state index contributed by atoms with van der Waals surface area (Å²) in [5, 5.41) is 0. The molecule has 20 heavy (non-hydrogen) atoms. The van der Waals surface area contributed by atoms with E-state index in [1.54, 1.807) is 0 Å². The third-order valence-corrected chi connectivity index (χ3v) is 5.11. The van der Waals surface area contributed by atoms with Crippen LogP contribution in [0.3, 0.4) is 0 Å². The van der Waals surface area contributed by atoms with Crippen LogP contribution in [0, 0.1) is 3.57 Å². The van der Waals surface area contributed by atoms with Crippen LogP contribution in [0.2, 0.25) is 0 Å². The minimum atomic E-state index is 0.487. The summed E-state index contributed by atoms with van der Waals surface area (Å²) in [4.78, 5) is 2.51. The molecule has 1 heterocycles. The van der Waals surface area contributed by atoms with Gasteiger partial charge in [0.25, 0.3) is 0 Å². The van der Waals surface area contributed by atoms with Crippen LogP contribution in [0.25, 0.3) is 0 Å². The fourth-order valence-corrected chi connectivity index (χ4v) is 3.88. The maximum atomic E-state index is 2.51. The van der Waals surface area contributed by atoms with Crippen molar-refractivity contribution in [2.45, 2.75) is 24.8 Å². The van der Waals surface area contributed by atoms with Gasteiger partial charge in [-0.15, -0.1) is 0 Å². The van der Waals surface area contributed by atoms with Crippen molar-refractivity contribution in [1.82, 2.24) is 0 Å². The molecule has 0 N–H and O–H groups in total. The first-order valence-electron chi connectivity index (χ1n) is 7.15. The standard InChI is InChI=1S/C18H16IN/c19-13-9-11-14(12-10-13)20-17-7-3-1-5-15(17)16-6-2-4-8-18(16)20/h1,3-5,7-12,16,18H,2,6H2. The molecule has 0 fully saturated rings. The van der Waals surface area contributed by atoms with Gasteiger partial charge in [-0.1, -0.05) is 30.4 Å². The van der Waals surface area contributed by atoms with Gasteiger partial charge in [0.05, 0.1) is 6.04 Å². The monoisotopic (exact) mass is 373 g/mol. The van der Waals surface area contributed by atoms with E-state index in [2.05, 4.69) is 88.2 Å². The van der Waals surface area contributed by atoms with Crippen LogP contribution in [0.15, 0.2) is 60.7 Å². The molecule has 0 amide bonds. The Morgan fingerprint density at radius 2 is 1.80 bits per heavy atom. The number of rotatable bonds is 1. The van der Waals surface area contributed by atoms with Crippen molar-refractivity contribution in [2.75, 3.05) is 4.90 Å². The third kappa shape index (κ3) is 1.89. The largest absolute Gasteiger partial charge is 0.334 e. The van der Waals surface area contributed by atoms with E-state index < -0.39 is 0 Å². The van der Waals surface area contributed by atoms with Gasteiger partial charge in [-0.05, 0) is 71.3 Å². The molecule has 0 bridgehead atoms. The van der Waals surface area contributed by atoms with E-state index in [0.717, 1.165) is 0 Å². The number of nitrogens with zero attached hydrogens (tertiary/aromatic N) is 1. The maximum absolute atomic E-state index is 2.51. The van der Waals surface area contributed by atoms with Gasteiger partial charge >= 0.3 is 0 Å². The van der Waals surface area contributed by atoms with Gasteiger partial charge in [0, 0.05) is 20.9 Å². The molecular weight excluding hydrogens is 357 g/mol. The van der Waals surface area contributed by atoms with Crippen LogP contribution in [-0.2, 0) is 0 Å². The number of anilines is 2. The zero-order valence-electron chi connectivity index (χ0n) is 11.2. The Kier molecular flexibility index (Phi) is 3.06. The minimum absolute atomic E-state index is 0.487. The van der Waals surface area contributed by atoms with Gasteiger partial charge in [0.1, 0.15) is 0 Å². The zero-order valence-corrected chi connectivity index (χ0v) is 13.3. The average molecular weight is 373 g/mol. The highest BCUT2D eigenvalue weighted by Crippen LogP contribution is 2.48. The lowest BCUT2D eigenvalue weighted by Gasteiger charge is -2.30. The lowest BCUT2D eigenvalue weighted by atomic mass is 9.86. The molecule has 2 atom stereocenters. The lowest BCUT2D eigenvalue weighted by Crippen LogP contribution is -2.29. The van der Waals surface area contributed by atoms with Gasteiger partial charge < -0.3 is 4.90 Å². The predicted octanol–water partition coefficient (Wildman–Crippen LogP) is 5.25. The summed E-state index contributed by atoms with van der Waals surface area (Å²) in [5.41, 5.74) is 4.20. The average Bonchev–Trinajstić information content (AvgIpc) is 2.83. The van der Waals surface area contributed by atoms with Crippen molar-refractivity contribution in [1.29, 1.82) is 0 Å². The quantitative estimate of drug-likeness (QED) is 0.488. The van der Waals surface area contributed by atoms with Gasteiger partial charge in [0.15, 0.2) is 0 Å². The van der Waals surface area contributed by atoms with E-state index in [1.807, 2.05) is 0 Å². The number of benzene rings is 2. The van der Waals surface area contributed by atoms with Crippen molar-refractivity contribution in [3.05, 3.63) is 69.8 Å². The number of hydrogen-bond acceptors (Lipinski definition) is 1. The smallest absolute Gasteiger partial charge is 0.0591 e. The van der Waals surface area contributed by atoms with Gasteiger partial charge in [-0.2, -0.15) is 0 Å². The number of hydrogen-bond donors (Lipinski definition) is 0. The number of halogens is 1. The fraction of sp³-hybridized carbons (Fsp3) is 0.222. The van der Waals surface area contributed by atoms with E-state index in [0.29, 0.717) is 12.0 Å². The Hall–Kier alpha value is -1.29. The van der Waals surface area contributed by atoms with Gasteiger partial charge in [-0.3, -0.25) is 0 Å². The normalized spacial score (nSPS) is 23.6. The van der Waals surface area contributed by atoms with Crippen LogP contribution < -0.4 is 4.90 Å². The highest BCUT2D eigenvalue weighted by Gasteiger charge is 2.38. The maximum Gasteiger partial charge on any atom is 0.0591 e. The zero-order chi connectivity index (χ0) is 13.5. The molecule has 2 aliphatic rings. The van der Waals surface area contributed by atoms with Crippen LogP contribution in [0.5, 0.6) is 0 Å². The molecule has 2 aromatic carbocycles. The lowest BCUT2D eigenvalue weighted by molar-refractivity contribution is 0.573. The first-order valence-corrected chi connectivity index (χ1v) is 8.23. The highest BCUT2D eigenvalue weighted by molar-refractivity contribution is 14.1. The molecule has 0 radical (unpaired) electrons. The SMILES string of the molecule is Ic1ccc(N2c3ccccc3C3CCC=CC32)cc1. The summed E-state index contributed by atoms with van der Waals surface area (Å²) in [6, 6.07) is 18.2. The summed E-state index contributed by atoms with van der Waals surface area (Å²) in [7, 11) is 0. The minimum Gasteiger partial charge on any atom is -0.334 e. The van der Waals surface area contributed by atoms with Crippen LogP contribution in [0.4, 0.5) is 11.4 Å². The number of para-hydroxylation sites is 1. The van der Waals surface area contributed by atoms with Crippen molar-refractivity contribution in [2.24, 2.45) is 0 Å². The van der Waals surface area contributed by atoms with Gasteiger partial charge in [-0.25, -0.2) is 0 Å². The van der Waals surface area contributed by atoms with Crippen LogP contribution in [-0.4, -0.2) is 6.04 Å². The van der Waals surface area contributed by atoms with Crippen LogP contribution >= 0.6 is 22.6 Å². The predicted molar refractivity (Wildman–Crippen MR) is 92.6 cm³/mol. The van der Waals surface area contributed by atoms with Crippen molar-refractivity contribution < 1.29 is 0 Å². The van der Waals surface area contributed by atoms with E-state index in [4.69, 9.17) is 0 Å². The first kappa shape index (κ1) is 12.5. The summed E-state index contributed by atoms with van der Waals surface area (Å²) in [6.45, 7) is 0. The van der Waals surface area contributed by atoms with E-state index >= 15 is 0 Å². The molecule has 1 aliphatic heterocycles. The number of fused-ring (bicyclic) bond motifs is 3. The molecule has 0 saturated heterocycles. The van der Waals surface area contributed by atoms with E-state index in [-0.39, 0.29) is 0 Å². The molecule has 4 rings (SSSR count). The van der Waals surface area contributed by atoms with Gasteiger partial charge in [0.2, 0.25) is 0 Å². The second-order valence-corrected chi connectivity index (χ2v) is 6.75. The number of allylic oxidation sites excluding steroid dienone is 1. The first-order chi connectivity index (χ1) is 9.84. The molecular formula is C18H16IN. The van der Waals surface area contributed by atoms with Crippen LogP contribution in [0.1, 0.15) is 24.3 Å². The van der Waals surface area contributed by atoms with Crippen molar-refractivity contribution in [3.63, 3.8) is 0 Å². The Bertz CT molecular complexity index is 659. The molecule has 0 saturated carbocycles. The Balaban J connectivity index is 1.86. The van der Waals surface area contributed by atoms with E-state index in [1.165, 1.54) is 33.4 Å². The summed E-state index contributed by atoms with van der Waals surface area (Å²) < 4.78 is 1.29. The second kappa shape index (κ2) is 4.92. The highest BCUT2D eigenvalue weighted by atomic mass is 127. The Labute approximate surface area is 133 Å². The second-order valence-electron chi connectivity index (χ2n) is 5.51. The molecule has 0 aromatic heterocycles. The Morgan fingerprint density at radius 3 is 2.65 bits per heavy atom. The molecule has 2 unspecified atom stereocenters. The molecule has 0 spiro atoms. The summed E-state index contributed by atoms with van der Waals surface area (Å²) in [5.74, 6) is 0.649. The molecule has 1 nitrogen and oxygen atoms in total. The van der Waals surface area contributed by atoms with E-state index in [9.17, 15) is 0 Å². The molecule has 2 heteroatoms. The molecule has 1 aliphatic carbocycles. The fourth-order valence-electron chi connectivity index (χ4n) is 3.52. The topological polar surface area (TPSA) is 3.24 Å². The Morgan fingerprint density at radius 1 is 1.00 bits per heavy atom. The van der Waals surface area contributed by atoms with Crippen molar-refractivity contribution in [3.8, 4) is 0 Å². The summed E-state index contributed by atoms with van der Waals surface area (Å²) in [6.07, 6.45) is 7.20. The van der Waals surface area contributed by atoms with Crippen molar-refractivity contribution >= 4 is 34.0 Å². The molecule has 100 valence electrons. The third-order valence-electron chi connectivity index (χ3n) is 4.39. The molecule has 2 aromatic rings.